The molecular weight excluding hydrogens is 364 g/mol. The summed E-state index contributed by atoms with van der Waals surface area (Å²) < 4.78 is 26.5. The van der Waals surface area contributed by atoms with Crippen LogP contribution in [0.25, 0.3) is 0 Å². The molecule has 1 heterocycles. The summed E-state index contributed by atoms with van der Waals surface area (Å²) in [7, 11) is -3.60. The van der Waals surface area contributed by atoms with Gasteiger partial charge in [-0.1, -0.05) is 12.1 Å². The molecule has 0 aromatic heterocycles. The van der Waals surface area contributed by atoms with Crippen molar-refractivity contribution in [1.29, 1.82) is 0 Å². The first-order chi connectivity index (χ1) is 12.9. The van der Waals surface area contributed by atoms with E-state index in [1.807, 2.05) is 24.3 Å². The second-order valence-electron chi connectivity index (χ2n) is 6.03. The SMILES string of the molecule is CCN(CC)c1ccc(NC(=O)CN=C2NS(=O)(=O)c3ccccc32)cc1. The number of anilines is 2. The van der Waals surface area contributed by atoms with E-state index in [2.05, 4.69) is 33.8 Å². The number of amides is 1. The lowest BCUT2D eigenvalue weighted by atomic mass is 10.2. The highest BCUT2D eigenvalue weighted by Crippen LogP contribution is 2.22. The van der Waals surface area contributed by atoms with Gasteiger partial charge in [-0.05, 0) is 50.2 Å². The molecule has 27 heavy (non-hydrogen) atoms. The maximum atomic E-state index is 12.2. The predicted octanol–water partition coefficient (Wildman–Crippen LogP) is 2.21. The van der Waals surface area contributed by atoms with Crippen molar-refractivity contribution in [2.45, 2.75) is 18.7 Å². The lowest BCUT2D eigenvalue weighted by Crippen LogP contribution is -2.24. The third-order valence-electron chi connectivity index (χ3n) is 4.32. The normalized spacial score (nSPS) is 15.9. The number of rotatable bonds is 6. The largest absolute Gasteiger partial charge is 0.372 e. The maximum Gasteiger partial charge on any atom is 0.263 e. The van der Waals surface area contributed by atoms with E-state index in [1.54, 1.807) is 18.2 Å². The molecule has 7 nitrogen and oxygen atoms in total. The van der Waals surface area contributed by atoms with Crippen LogP contribution < -0.4 is 14.9 Å². The standard InChI is InChI=1S/C19H22N4O3S/c1-3-23(4-2)15-11-9-14(10-12-15)21-18(24)13-20-19-16-7-5-6-8-17(16)27(25,26)22-19/h5-12H,3-4,13H2,1-2H3,(H,20,22)(H,21,24). The van der Waals surface area contributed by atoms with Crippen molar-refractivity contribution in [3.05, 3.63) is 54.1 Å². The Kier molecular flexibility index (Phi) is 5.46. The van der Waals surface area contributed by atoms with Crippen LogP contribution in [0.15, 0.2) is 58.4 Å². The number of amidine groups is 1. The van der Waals surface area contributed by atoms with Crippen LogP contribution in [0.3, 0.4) is 0 Å². The quantitative estimate of drug-likeness (QED) is 0.796. The second-order valence-corrected chi connectivity index (χ2v) is 7.68. The van der Waals surface area contributed by atoms with Gasteiger partial charge in [0.15, 0.2) is 0 Å². The highest BCUT2D eigenvalue weighted by Gasteiger charge is 2.30. The molecule has 0 atom stereocenters. The van der Waals surface area contributed by atoms with Crippen molar-refractivity contribution in [2.24, 2.45) is 4.99 Å². The first-order valence-electron chi connectivity index (χ1n) is 8.76. The van der Waals surface area contributed by atoms with Gasteiger partial charge in [-0.25, -0.2) is 8.42 Å². The van der Waals surface area contributed by atoms with Crippen LogP contribution >= 0.6 is 0 Å². The Labute approximate surface area is 159 Å². The number of nitrogens with one attached hydrogen (secondary N) is 2. The van der Waals surface area contributed by atoms with Crippen molar-refractivity contribution >= 4 is 33.1 Å². The van der Waals surface area contributed by atoms with Gasteiger partial charge in [-0.15, -0.1) is 0 Å². The van der Waals surface area contributed by atoms with Crippen molar-refractivity contribution in [2.75, 3.05) is 29.9 Å². The number of carbonyl (C=O) groups excluding carboxylic acids is 1. The first-order valence-corrected chi connectivity index (χ1v) is 10.2. The fraction of sp³-hybridized carbons (Fsp3) is 0.263. The van der Waals surface area contributed by atoms with Gasteiger partial charge in [0.05, 0.1) is 4.90 Å². The summed E-state index contributed by atoms with van der Waals surface area (Å²) >= 11 is 0. The average Bonchev–Trinajstić information content (AvgIpc) is 2.93. The van der Waals surface area contributed by atoms with Crippen molar-refractivity contribution in [3.8, 4) is 0 Å². The molecule has 1 amide bonds. The van der Waals surface area contributed by atoms with Gasteiger partial charge in [-0.2, -0.15) is 0 Å². The highest BCUT2D eigenvalue weighted by molar-refractivity contribution is 7.90. The maximum absolute atomic E-state index is 12.2. The monoisotopic (exact) mass is 386 g/mol. The Hall–Kier alpha value is -2.87. The average molecular weight is 386 g/mol. The van der Waals surface area contributed by atoms with Gasteiger partial charge in [0.2, 0.25) is 5.91 Å². The molecule has 2 N–H and O–H groups in total. The lowest BCUT2D eigenvalue weighted by molar-refractivity contribution is -0.114. The summed E-state index contributed by atoms with van der Waals surface area (Å²) in [5.41, 5.74) is 2.24. The zero-order valence-electron chi connectivity index (χ0n) is 15.3. The smallest absolute Gasteiger partial charge is 0.263 e. The van der Waals surface area contributed by atoms with Crippen LogP contribution in [-0.2, 0) is 14.8 Å². The fourth-order valence-electron chi connectivity index (χ4n) is 2.95. The van der Waals surface area contributed by atoms with Crippen molar-refractivity contribution in [3.63, 3.8) is 0 Å². The molecule has 2 aromatic carbocycles. The number of hydrogen-bond donors (Lipinski definition) is 2. The van der Waals surface area contributed by atoms with E-state index in [4.69, 9.17) is 0 Å². The Morgan fingerprint density at radius 1 is 1.07 bits per heavy atom. The Morgan fingerprint density at radius 2 is 1.74 bits per heavy atom. The van der Waals surface area contributed by atoms with Crippen molar-refractivity contribution < 1.29 is 13.2 Å². The molecule has 0 aliphatic carbocycles. The van der Waals surface area contributed by atoms with E-state index in [0.29, 0.717) is 11.3 Å². The molecule has 3 rings (SSSR count). The van der Waals surface area contributed by atoms with Gasteiger partial charge in [0.25, 0.3) is 10.0 Å². The number of hydrogen-bond acceptors (Lipinski definition) is 5. The molecular formula is C19H22N4O3S. The van der Waals surface area contributed by atoms with E-state index in [9.17, 15) is 13.2 Å². The summed E-state index contributed by atoms with van der Waals surface area (Å²) in [5, 5.41) is 2.77. The van der Waals surface area contributed by atoms with E-state index in [1.165, 1.54) is 6.07 Å². The third kappa shape index (κ3) is 4.11. The molecule has 2 aromatic rings. The van der Waals surface area contributed by atoms with Gasteiger partial charge in [0, 0.05) is 30.0 Å². The van der Waals surface area contributed by atoms with Crippen molar-refractivity contribution in [1.82, 2.24) is 4.72 Å². The van der Waals surface area contributed by atoms with E-state index >= 15 is 0 Å². The molecule has 0 unspecified atom stereocenters. The summed E-state index contributed by atoms with van der Waals surface area (Å²) in [4.78, 5) is 18.7. The van der Waals surface area contributed by atoms with Crippen LogP contribution in [0, 0.1) is 0 Å². The third-order valence-corrected chi connectivity index (χ3v) is 5.72. The first kappa shape index (κ1) is 18.9. The molecule has 0 radical (unpaired) electrons. The number of aliphatic imine (C=N–C) groups is 1. The lowest BCUT2D eigenvalue weighted by Gasteiger charge is -2.21. The second kappa shape index (κ2) is 7.79. The summed E-state index contributed by atoms with van der Waals surface area (Å²) in [6.07, 6.45) is 0. The predicted molar refractivity (Wildman–Crippen MR) is 107 cm³/mol. The summed E-state index contributed by atoms with van der Waals surface area (Å²) in [6, 6.07) is 14.1. The Morgan fingerprint density at radius 3 is 2.41 bits per heavy atom. The number of nitrogens with zero attached hydrogens (tertiary/aromatic N) is 2. The Bertz CT molecular complexity index is 965. The van der Waals surface area contributed by atoms with Crippen LogP contribution in [0.2, 0.25) is 0 Å². The van der Waals surface area contributed by atoms with Gasteiger partial charge >= 0.3 is 0 Å². The molecule has 1 aliphatic heterocycles. The number of fused-ring (bicyclic) bond motifs is 1. The molecule has 0 spiro atoms. The molecule has 142 valence electrons. The number of sulfonamides is 1. The van der Waals surface area contributed by atoms with Gasteiger partial charge in [0.1, 0.15) is 12.4 Å². The number of carbonyl (C=O) groups is 1. The van der Waals surface area contributed by atoms with Crippen LogP contribution in [0.4, 0.5) is 11.4 Å². The molecule has 0 bridgehead atoms. The topological polar surface area (TPSA) is 90.9 Å². The van der Waals surface area contributed by atoms with E-state index < -0.39 is 10.0 Å². The fourth-order valence-corrected chi connectivity index (χ4v) is 4.20. The molecule has 0 saturated heterocycles. The molecule has 0 saturated carbocycles. The van der Waals surface area contributed by atoms with Gasteiger partial charge in [-0.3, -0.25) is 14.5 Å². The van der Waals surface area contributed by atoms with Crippen LogP contribution in [0.5, 0.6) is 0 Å². The molecule has 8 heteroatoms. The Balaban J connectivity index is 1.66. The molecule has 1 aliphatic rings. The van der Waals surface area contributed by atoms with E-state index in [-0.39, 0.29) is 23.2 Å². The highest BCUT2D eigenvalue weighted by atomic mass is 32.2. The van der Waals surface area contributed by atoms with E-state index in [0.717, 1.165) is 18.8 Å². The zero-order valence-corrected chi connectivity index (χ0v) is 16.1. The summed E-state index contributed by atoms with van der Waals surface area (Å²) in [6.45, 7) is 5.83. The summed E-state index contributed by atoms with van der Waals surface area (Å²) in [5.74, 6) is -0.126. The number of benzene rings is 2. The van der Waals surface area contributed by atoms with Crippen LogP contribution in [0.1, 0.15) is 19.4 Å². The minimum Gasteiger partial charge on any atom is -0.372 e. The van der Waals surface area contributed by atoms with Crippen LogP contribution in [-0.4, -0.2) is 39.8 Å². The van der Waals surface area contributed by atoms with Gasteiger partial charge < -0.3 is 10.2 Å². The minimum atomic E-state index is -3.60. The minimum absolute atomic E-state index is 0.177. The zero-order chi connectivity index (χ0) is 19.4. The molecule has 0 fully saturated rings.